The van der Waals surface area contributed by atoms with Gasteiger partial charge in [-0.3, -0.25) is 4.79 Å². The SMILES string of the molecule is COc1cc(C2CCN(C[C@@H](C)O)CC2)ccc1-c1nc2c(N[C@H]3[C@@H](C(=O)O)[C@@H]4C=C[C@H]3C4)c(Cl)cnc2[nH]1. The average molecular weight is 552 g/mol. The van der Waals surface area contributed by atoms with Crippen LogP contribution in [0.4, 0.5) is 5.69 Å². The van der Waals surface area contributed by atoms with Crippen LogP contribution in [-0.2, 0) is 4.79 Å². The molecular weight excluding hydrogens is 518 g/mol. The third-order valence-corrected chi connectivity index (χ3v) is 8.87. The Kier molecular flexibility index (Phi) is 6.99. The lowest BCUT2D eigenvalue weighted by atomic mass is 9.88. The number of likely N-dealkylation sites (tertiary alicyclic amines) is 1. The minimum atomic E-state index is -0.799. The Morgan fingerprint density at radius 1 is 1.28 bits per heavy atom. The predicted octanol–water partition coefficient (Wildman–Crippen LogP) is 4.53. The number of nitrogens with zero attached hydrogens (tertiary/aromatic N) is 3. The van der Waals surface area contributed by atoms with Gasteiger partial charge in [0, 0.05) is 12.6 Å². The number of aromatic nitrogens is 3. The largest absolute Gasteiger partial charge is 0.496 e. The maximum absolute atomic E-state index is 12.0. The molecule has 0 radical (unpaired) electrons. The van der Waals surface area contributed by atoms with Crippen LogP contribution >= 0.6 is 11.6 Å². The van der Waals surface area contributed by atoms with E-state index in [4.69, 9.17) is 21.3 Å². The molecule has 0 amide bonds. The average Bonchev–Trinajstić information content (AvgIpc) is 3.65. The highest BCUT2D eigenvalue weighted by Gasteiger charge is 2.48. The van der Waals surface area contributed by atoms with Gasteiger partial charge in [-0.1, -0.05) is 29.8 Å². The van der Waals surface area contributed by atoms with Crippen LogP contribution in [0.1, 0.15) is 37.7 Å². The van der Waals surface area contributed by atoms with Gasteiger partial charge in [0.1, 0.15) is 17.1 Å². The minimum Gasteiger partial charge on any atom is -0.496 e. The highest BCUT2D eigenvalue weighted by atomic mass is 35.5. The quantitative estimate of drug-likeness (QED) is 0.301. The number of aliphatic hydroxyl groups excluding tert-OH is 1. The van der Waals surface area contributed by atoms with Gasteiger partial charge >= 0.3 is 5.97 Å². The maximum atomic E-state index is 12.0. The van der Waals surface area contributed by atoms with Gasteiger partial charge in [-0.2, -0.15) is 0 Å². The van der Waals surface area contributed by atoms with Crippen LogP contribution in [0, 0.1) is 17.8 Å². The zero-order valence-electron chi connectivity index (χ0n) is 22.1. The number of carbonyl (C=O) groups is 1. The molecule has 3 heterocycles. The summed E-state index contributed by atoms with van der Waals surface area (Å²) in [6.07, 6.45) is 8.28. The van der Waals surface area contributed by atoms with Crippen LogP contribution in [-0.4, -0.2) is 74.9 Å². The van der Waals surface area contributed by atoms with Gasteiger partial charge in [-0.05, 0) is 74.7 Å². The summed E-state index contributed by atoms with van der Waals surface area (Å²) in [4.78, 5) is 27.0. The molecule has 1 saturated carbocycles. The zero-order chi connectivity index (χ0) is 27.3. The highest BCUT2D eigenvalue weighted by molar-refractivity contribution is 6.34. The summed E-state index contributed by atoms with van der Waals surface area (Å²) in [5.41, 5.74) is 3.79. The van der Waals surface area contributed by atoms with Crippen molar-refractivity contribution in [3.63, 3.8) is 0 Å². The van der Waals surface area contributed by atoms with Gasteiger partial charge in [-0.15, -0.1) is 0 Å². The summed E-state index contributed by atoms with van der Waals surface area (Å²) < 4.78 is 5.80. The maximum Gasteiger partial charge on any atom is 0.309 e. The van der Waals surface area contributed by atoms with E-state index >= 15 is 0 Å². The van der Waals surface area contributed by atoms with E-state index in [1.54, 1.807) is 13.3 Å². The van der Waals surface area contributed by atoms with Gasteiger partial charge < -0.3 is 30.2 Å². The molecule has 3 aromatic rings. The number of methoxy groups -OCH3 is 1. The number of carboxylic acid groups (broad SMARTS) is 1. The van der Waals surface area contributed by atoms with E-state index in [1.165, 1.54) is 5.56 Å². The molecule has 2 fully saturated rings. The van der Waals surface area contributed by atoms with Crippen molar-refractivity contribution >= 4 is 34.4 Å². The number of halogens is 1. The Labute approximate surface area is 232 Å². The molecule has 2 aliphatic carbocycles. The number of pyridine rings is 1. The Morgan fingerprint density at radius 2 is 2.05 bits per heavy atom. The first kappa shape index (κ1) is 26.1. The molecule has 1 saturated heterocycles. The van der Waals surface area contributed by atoms with Crippen molar-refractivity contribution in [3.05, 3.63) is 47.1 Å². The van der Waals surface area contributed by atoms with Crippen LogP contribution in [0.5, 0.6) is 5.75 Å². The number of imidazole rings is 1. The topological polar surface area (TPSA) is 124 Å². The van der Waals surface area contributed by atoms with Gasteiger partial charge in [0.15, 0.2) is 5.65 Å². The number of allylic oxidation sites excluding steroid dienone is 1. The van der Waals surface area contributed by atoms with E-state index < -0.39 is 11.9 Å². The molecule has 5 atom stereocenters. The number of hydrogen-bond donors (Lipinski definition) is 4. The number of β-amino-alcohol motifs (C(OH)–C–C–N with tert-alkyl or cyclic N) is 1. The molecule has 2 bridgehead atoms. The van der Waals surface area contributed by atoms with E-state index in [2.05, 4.69) is 38.4 Å². The summed E-state index contributed by atoms with van der Waals surface area (Å²) in [5, 5.41) is 23.4. The minimum absolute atomic E-state index is 0.0316. The number of hydrogen-bond acceptors (Lipinski definition) is 7. The van der Waals surface area contributed by atoms with Crippen molar-refractivity contribution in [1.29, 1.82) is 0 Å². The van der Waals surface area contributed by atoms with Crippen molar-refractivity contribution in [2.45, 2.75) is 44.2 Å². The molecule has 3 aliphatic rings. The summed E-state index contributed by atoms with van der Waals surface area (Å²) in [5.74, 6) is 0.632. The lowest BCUT2D eigenvalue weighted by Gasteiger charge is -2.33. The first-order valence-corrected chi connectivity index (χ1v) is 14.0. The number of fused-ring (bicyclic) bond motifs is 3. The van der Waals surface area contributed by atoms with Crippen LogP contribution < -0.4 is 10.1 Å². The second-order valence-corrected chi connectivity index (χ2v) is 11.5. The molecule has 206 valence electrons. The molecule has 1 aromatic carbocycles. The Morgan fingerprint density at radius 3 is 2.77 bits per heavy atom. The van der Waals surface area contributed by atoms with Gasteiger partial charge in [0.25, 0.3) is 0 Å². The number of nitrogens with one attached hydrogen (secondary N) is 2. The molecule has 1 aliphatic heterocycles. The third-order valence-electron chi connectivity index (χ3n) is 8.58. The molecule has 4 N–H and O–H groups in total. The van der Waals surface area contributed by atoms with Crippen LogP contribution in [0.2, 0.25) is 5.02 Å². The number of ether oxygens (including phenoxy) is 1. The number of aliphatic hydroxyl groups is 1. The number of benzene rings is 1. The lowest BCUT2D eigenvalue weighted by Crippen LogP contribution is -2.37. The summed E-state index contributed by atoms with van der Waals surface area (Å²) in [7, 11) is 1.66. The van der Waals surface area contributed by atoms with Crippen molar-refractivity contribution in [2.24, 2.45) is 17.8 Å². The van der Waals surface area contributed by atoms with Crippen molar-refractivity contribution in [1.82, 2.24) is 19.9 Å². The molecule has 10 heteroatoms. The molecular formula is C29H34ClN5O4. The van der Waals surface area contributed by atoms with Crippen LogP contribution in [0.25, 0.3) is 22.6 Å². The number of rotatable bonds is 8. The van der Waals surface area contributed by atoms with Crippen molar-refractivity contribution < 1.29 is 19.7 Å². The fourth-order valence-electron chi connectivity index (χ4n) is 6.70. The van der Waals surface area contributed by atoms with E-state index in [-0.39, 0.29) is 24.0 Å². The first-order chi connectivity index (χ1) is 18.8. The van der Waals surface area contributed by atoms with Crippen LogP contribution in [0.15, 0.2) is 36.5 Å². The number of aliphatic carboxylic acids is 1. The van der Waals surface area contributed by atoms with Gasteiger partial charge in [0.2, 0.25) is 0 Å². The number of H-pyrrole nitrogens is 1. The first-order valence-electron chi connectivity index (χ1n) is 13.6. The zero-order valence-corrected chi connectivity index (χ0v) is 22.9. The molecule has 6 rings (SSSR count). The second-order valence-electron chi connectivity index (χ2n) is 11.1. The Balaban J connectivity index is 1.27. The van der Waals surface area contributed by atoms with Crippen LogP contribution in [0.3, 0.4) is 0 Å². The van der Waals surface area contributed by atoms with Crippen molar-refractivity contribution in [2.75, 3.05) is 32.1 Å². The normalized spacial score (nSPS) is 25.8. The number of carboxylic acids is 1. The predicted molar refractivity (Wildman–Crippen MR) is 150 cm³/mol. The van der Waals surface area contributed by atoms with Gasteiger partial charge in [0.05, 0.1) is 41.6 Å². The third kappa shape index (κ3) is 4.88. The monoisotopic (exact) mass is 551 g/mol. The van der Waals surface area contributed by atoms with Crippen molar-refractivity contribution in [3.8, 4) is 17.1 Å². The lowest BCUT2D eigenvalue weighted by molar-refractivity contribution is -0.142. The second kappa shape index (κ2) is 10.4. The summed E-state index contributed by atoms with van der Waals surface area (Å²) >= 11 is 6.58. The molecule has 0 spiro atoms. The number of piperidine rings is 1. The van der Waals surface area contributed by atoms with E-state index in [1.807, 2.05) is 19.1 Å². The fourth-order valence-corrected chi connectivity index (χ4v) is 6.89. The number of aromatic amines is 1. The summed E-state index contributed by atoms with van der Waals surface area (Å²) in [6, 6.07) is 6.00. The van der Waals surface area contributed by atoms with E-state index in [0.29, 0.717) is 40.2 Å². The standard InChI is InChI=1S/C29H34ClN5O4/c1-15(36)14-35-9-7-16(8-10-35)17-5-6-20(22(12-17)39-2)27-33-26-25(21(30)13-31-28(26)34-27)32-24-19-4-3-18(11-19)23(24)29(37)38/h3-6,12-13,15-16,18-19,23-24,36H,7-11,14H2,1-2H3,(H,37,38)(H2,31,32,33,34)/t15-,18-,19+,23+,24-/m1/s1. The fraction of sp³-hybridized carbons (Fsp3) is 0.483. The molecule has 9 nitrogen and oxygen atoms in total. The van der Waals surface area contributed by atoms with E-state index in [0.717, 1.165) is 43.7 Å². The smallest absolute Gasteiger partial charge is 0.309 e. The Hall–Kier alpha value is -3.14. The summed E-state index contributed by atoms with van der Waals surface area (Å²) in [6.45, 7) is 4.48. The molecule has 0 unspecified atom stereocenters. The molecule has 39 heavy (non-hydrogen) atoms. The molecule has 2 aromatic heterocycles. The Bertz CT molecular complexity index is 1410. The van der Waals surface area contributed by atoms with E-state index in [9.17, 15) is 15.0 Å². The highest BCUT2D eigenvalue weighted by Crippen LogP contribution is 2.46. The number of anilines is 1. The van der Waals surface area contributed by atoms with Gasteiger partial charge in [-0.25, -0.2) is 9.97 Å².